The second-order valence-corrected chi connectivity index (χ2v) is 2.27. The third-order valence-corrected chi connectivity index (χ3v) is 1.20. The van der Waals surface area contributed by atoms with Gasteiger partial charge in [0.1, 0.15) is 0 Å². The number of hydrogen-bond donors (Lipinski definition) is 2. The first-order valence-electron chi connectivity index (χ1n) is 3.69. The van der Waals surface area contributed by atoms with Gasteiger partial charge in [-0.2, -0.15) is 0 Å². The molecule has 0 aliphatic heterocycles. The average Bonchev–Trinajstić information content (AvgIpc) is 2.01. The Labute approximate surface area is 66.1 Å². The highest BCUT2D eigenvalue weighted by Crippen LogP contribution is 1.86. The fraction of sp³-hybridized carbons (Fsp3) is 0.714. The Hall–Kier alpha value is -0.900. The summed E-state index contributed by atoms with van der Waals surface area (Å²) < 4.78 is 0. The van der Waals surface area contributed by atoms with E-state index in [1.807, 2.05) is 6.92 Å². The van der Waals surface area contributed by atoms with Crippen LogP contribution < -0.4 is 11.1 Å². The number of nitrogens with two attached hydrogens (primary N) is 1. The van der Waals surface area contributed by atoms with Gasteiger partial charge in [0.05, 0.1) is 13.1 Å². The van der Waals surface area contributed by atoms with E-state index in [0.29, 0.717) is 6.42 Å². The van der Waals surface area contributed by atoms with Crippen molar-refractivity contribution in [3.63, 3.8) is 0 Å². The summed E-state index contributed by atoms with van der Waals surface area (Å²) >= 11 is 0. The predicted octanol–water partition coefficient (Wildman–Crippen LogP) is -0.569. The molecule has 0 radical (unpaired) electrons. The van der Waals surface area contributed by atoms with Crippen LogP contribution in [0.3, 0.4) is 0 Å². The van der Waals surface area contributed by atoms with Crippen molar-refractivity contribution >= 4 is 11.7 Å². The second kappa shape index (κ2) is 5.85. The molecule has 0 saturated carbocycles. The summed E-state index contributed by atoms with van der Waals surface area (Å²) in [5.41, 5.74) is 5.01. The third kappa shape index (κ3) is 5.54. The first kappa shape index (κ1) is 10.1. The van der Waals surface area contributed by atoms with Crippen LogP contribution in [0.2, 0.25) is 0 Å². The molecule has 1 amide bonds. The first-order valence-corrected chi connectivity index (χ1v) is 3.69. The maximum atomic E-state index is 10.8. The maximum absolute atomic E-state index is 10.8. The molecule has 3 N–H and O–H groups in total. The van der Waals surface area contributed by atoms with Crippen molar-refractivity contribution in [3.05, 3.63) is 0 Å². The molecule has 0 bridgehead atoms. The molecule has 0 atom stereocenters. The van der Waals surface area contributed by atoms with E-state index in [4.69, 9.17) is 5.73 Å². The van der Waals surface area contributed by atoms with Gasteiger partial charge >= 0.3 is 0 Å². The van der Waals surface area contributed by atoms with Crippen molar-refractivity contribution in [2.24, 2.45) is 5.73 Å². The zero-order chi connectivity index (χ0) is 8.69. The van der Waals surface area contributed by atoms with Crippen LogP contribution in [0, 0.1) is 0 Å². The summed E-state index contributed by atoms with van der Waals surface area (Å²) in [5, 5.41) is 2.40. The summed E-state index contributed by atoms with van der Waals surface area (Å²) in [4.78, 5) is 21.3. The summed E-state index contributed by atoms with van der Waals surface area (Å²) in [6.45, 7) is 1.98. The average molecular weight is 158 g/mol. The van der Waals surface area contributed by atoms with Crippen LogP contribution in [0.5, 0.6) is 0 Å². The standard InChI is InChI=1S/C7H14N2O2/c1-2-3-6(10)5-9-7(11)4-8/h2-5,8H2,1H3,(H,9,11). The molecule has 0 aromatic rings. The van der Waals surface area contributed by atoms with Gasteiger partial charge in [-0.3, -0.25) is 9.59 Å². The van der Waals surface area contributed by atoms with Crippen LogP contribution >= 0.6 is 0 Å². The van der Waals surface area contributed by atoms with Gasteiger partial charge in [0.25, 0.3) is 0 Å². The minimum Gasteiger partial charge on any atom is -0.348 e. The molecule has 0 spiro atoms. The number of carbonyl (C=O) groups is 2. The van der Waals surface area contributed by atoms with E-state index < -0.39 is 0 Å². The maximum Gasteiger partial charge on any atom is 0.234 e. The Bertz CT molecular complexity index is 145. The first-order chi connectivity index (χ1) is 5.20. The molecule has 0 aliphatic carbocycles. The predicted molar refractivity (Wildman–Crippen MR) is 42.0 cm³/mol. The smallest absolute Gasteiger partial charge is 0.234 e. The number of carbonyl (C=O) groups excluding carboxylic acids is 2. The number of hydrogen-bond acceptors (Lipinski definition) is 3. The van der Waals surface area contributed by atoms with E-state index in [1.165, 1.54) is 0 Å². The Balaban J connectivity index is 3.38. The van der Waals surface area contributed by atoms with Gasteiger partial charge in [-0.15, -0.1) is 0 Å². The lowest BCUT2D eigenvalue weighted by atomic mass is 10.2. The molecule has 0 unspecified atom stereocenters. The van der Waals surface area contributed by atoms with E-state index in [2.05, 4.69) is 5.32 Å². The van der Waals surface area contributed by atoms with Crippen molar-refractivity contribution < 1.29 is 9.59 Å². The molecule has 11 heavy (non-hydrogen) atoms. The normalized spacial score (nSPS) is 9.27. The minimum atomic E-state index is -0.283. The van der Waals surface area contributed by atoms with Gasteiger partial charge in [0, 0.05) is 6.42 Å². The molecule has 0 saturated heterocycles. The van der Waals surface area contributed by atoms with Gasteiger partial charge in [0.15, 0.2) is 5.78 Å². The fourth-order valence-corrected chi connectivity index (χ4v) is 0.637. The fourth-order valence-electron chi connectivity index (χ4n) is 0.637. The second-order valence-electron chi connectivity index (χ2n) is 2.27. The number of nitrogens with one attached hydrogen (secondary N) is 1. The highest BCUT2D eigenvalue weighted by atomic mass is 16.2. The van der Waals surface area contributed by atoms with Crippen LogP contribution in [0.15, 0.2) is 0 Å². The topological polar surface area (TPSA) is 72.2 Å². The van der Waals surface area contributed by atoms with Crippen LogP contribution in [-0.4, -0.2) is 24.8 Å². The lowest BCUT2D eigenvalue weighted by molar-refractivity contribution is -0.124. The Morgan fingerprint density at radius 1 is 1.45 bits per heavy atom. The van der Waals surface area contributed by atoms with E-state index >= 15 is 0 Å². The number of amides is 1. The van der Waals surface area contributed by atoms with E-state index in [9.17, 15) is 9.59 Å². The molecule has 64 valence electrons. The monoisotopic (exact) mass is 158 g/mol. The highest BCUT2D eigenvalue weighted by molar-refractivity contribution is 5.86. The van der Waals surface area contributed by atoms with Gasteiger partial charge < -0.3 is 11.1 Å². The molecular formula is C7H14N2O2. The van der Waals surface area contributed by atoms with Crippen molar-refractivity contribution in [3.8, 4) is 0 Å². The van der Waals surface area contributed by atoms with Crippen molar-refractivity contribution in [2.45, 2.75) is 19.8 Å². The molecular weight excluding hydrogens is 144 g/mol. The van der Waals surface area contributed by atoms with Crippen LogP contribution in [-0.2, 0) is 9.59 Å². The summed E-state index contributed by atoms with van der Waals surface area (Å²) in [7, 11) is 0. The van der Waals surface area contributed by atoms with Gasteiger partial charge in [-0.05, 0) is 6.42 Å². The molecule has 4 heteroatoms. The summed E-state index contributed by atoms with van der Waals surface area (Å²) in [5.74, 6) is -0.233. The third-order valence-electron chi connectivity index (χ3n) is 1.20. The number of rotatable bonds is 5. The number of Topliss-reactive ketones (excluding diaryl/α,β-unsaturated/α-hetero) is 1. The zero-order valence-corrected chi connectivity index (χ0v) is 6.72. The van der Waals surface area contributed by atoms with Gasteiger partial charge in [-0.25, -0.2) is 0 Å². The molecule has 0 heterocycles. The molecule has 0 fully saturated rings. The molecule has 0 aliphatic rings. The summed E-state index contributed by atoms with van der Waals surface area (Å²) in [6, 6.07) is 0. The SMILES string of the molecule is CCCC(=O)CNC(=O)CN. The van der Waals surface area contributed by atoms with Gasteiger partial charge in [0.2, 0.25) is 5.91 Å². The van der Waals surface area contributed by atoms with Crippen LogP contribution in [0.25, 0.3) is 0 Å². The summed E-state index contributed by atoms with van der Waals surface area (Å²) in [6.07, 6.45) is 1.34. The van der Waals surface area contributed by atoms with Crippen LogP contribution in [0.1, 0.15) is 19.8 Å². The minimum absolute atomic E-state index is 0.0503. The van der Waals surface area contributed by atoms with Gasteiger partial charge in [-0.1, -0.05) is 6.92 Å². The van der Waals surface area contributed by atoms with Crippen molar-refractivity contribution in [1.29, 1.82) is 0 Å². The lowest BCUT2D eigenvalue weighted by Gasteiger charge is -2.00. The quantitative estimate of drug-likeness (QED) is 0.563. The van der Waals surface area contributed by atoms with Crippen molar-refractivity contribution in [1.82, 2.24) is 5.32 Å². The Morgan fingerprint density at radius 3 is 2.55 bits per heavy atom. The number of ketones is 1. The molecule has 0 aromatic heterocycles. The highest BCUT2D eigenvalue weighted by Gasteiger charge is 2.01. The molecule has 0 aromatic carbocycles. The Kier molecular flexibility index (Phi) is 5.37. The Morgan fingerprint density at radius 2 is 2.09 bits per heavy atom. The van der Waals surface area contributed by atoms with E-state index in [-0.39, 0.29) is 24.8 Å². The van der Waals surface area contributed by atoms with E-state index in [0.717, 1.165) is 6.42 Å². The van der Waals surface area contributed by atoms with Crippen LogP contribution in [0.4, 0.5) is 0 Å². The molecule has 4 nitrogen and oxygen atoms in total. The van der Waals surface area contributed by atoms with Crippen molar-refractivity contribution in [2.75, 3.05) is 13.1 Å². The lowest BCUT2D eigenvalue weighted by Crippen LogP contribution is -2.34. The van der Waals surface area contributed by atoms with E-state index in [1.54, 1.807) is 0 Å². The largest absolute Gasteiger partial charge is 0.348 e. The molecule has 0 rings (SSSR count). The zero-order valence-electron chi connectivity index (χ0n) is 6.72.